The zero-order chi connectivity index (χ0) is 11.8. The Labute approximate surface area is 98.8 Å². The van der Waals surface area contributed by atoms with E-state index in [-0.39, 0.29) is 0 Å². The average molecular weight is 224 g/mol. The third-order valence-electron chi connectivity index (χ3n) is 4.02. The van der Waals surface area contributed by atoms with Crippen molar-refractivity contribution in [3.05, 3.63) is 0 Å². The Kier molecular flexibility index (Phi) is 6.36. The predicted octanol–water partition coefficient (Wildman–Crippen LogP) is 3.53. The van der Waals surface area contributed by atoms with Gasteiger partial charge in [-0.25, -0.2) is 0 Å². The first-order chi connectivity index (χ1) is 7.88. The van der Waals surface area contributed by atoms with E-state index >= 15 is 0 Å². The second kappa shape index (κ2) is 7.59. The van der Waals surface area contributed by atoms with Crippen molar-refractivity contribution >= 4 is 12.6 Å². The molecule has 0 saturated heterocycles. The van der Waals surface area contributed by atoms with E-state index in [1.54, 1.807) is 0 Å². The molecule has 0 bridgehead atoms. The highest BCUT2D eigenvalue weighted by Crippen LogP contribution is 2.32. The maximum atomic E-state index is 12.2. The van der Waals surface area contributed by atoms with Gasteiger partial charge in [-0.2, -0.15) is 0 Å². The molecule has 0 N–H and O–H groups in total. The standard InChI is InChI=1S/C13H22O.CH2O/c14-13(11-7-3-1-4-8-11)12-9-5-2-6-10-12;1-2/h11-12H,1-10H2;1H2. The minimum absolute atomic E-state index is 0.451. The number of ketones is 1. The SMILES string of the molecule is C=O.O=C(C1CCCCC1)C1CCCCC1. The molecular formula is C14H24O2. The Morgan fingerprint density at radius 3 is 1.31 bits per heavy atom. The van der Waals surface area contributed by atoms with Gasteiger partial charge >= 0.3 is 0 Å². The monoisotopic (exact) mass is 224 g/mol. The van der Waals surface area contributed by atoms with Gasteiger partial charge in [0.15, 0.2) is 0 Å². The van der Waals surface area contributed by atoms with E-state index in [9.17, 15) is 4.79 Å². The molecule has 2 nitrogen and oxygen atoms in total. The van der Waals surface area contributed by atoms with Crippen LogP contribution < -0.4 is 0 Å². The molecule has 2 fully saturated rings. The van der Waals surface area contributed by atoms with Crippen molar-refractivity contribution in [2.45, 2.75) is 64.2 Å². The third kappa shape index (κ3) is 3.73. The van der Waals surface area contributed by atoms with Crippen LogP contribution in [0.4, 0.5) is 0 Å². The molecule has 16 heavy (non-hydrogen) atoms. The smallest absolute Gasteiger partial charge is 0.139 e. The lowest BCUT2D eigenvalue weighted by molar-refractivity contribution is -0.128. The topological polar surface area (TPSA) is 34.1 Å². The molecule has 0 unspecified atom stereocenters. The van der Waals surface area contributed by atoms with Crippen molar-refractivity contribution in [2.75, 3.05) is 0 Å². The first-order valence-corrected chi connectivity index (χ1v) is 6.70. The number of carbonyl (C=O) groups excluding carboxylic acids is 2. The van der Waals surface area contributed by atoms with Gasteiger partial charge in [-0.1, -0.05) is 38.5 Å². The van der Waals surface area contributed by atoms with Gasteiger partial charge in [-0.3, -0.25) is 4.79 Å². The van der Waals surface area contributed by atoms with E-state index in [0.717, 1.165) is 0 Å². The molecule has 0 aromatic rings. The van der Waals surface area contributed by atoms with Crippen molar-refractivity contribution in [1.82, 2.24) is 0 Å². The van der Waals surface area contributed by atoms with Crippen LogP contribution in [0.1, 0.15) is 64.2 Å². The van der Waals surface area contributed by atoms with Crippen LogP contribution in [-0.2, 0) is 9.59 Å². The first kappa shape index (κ1) is 13.4. The molecule has 0 radical (unpaired) electrons. The highest BCUT2D eigenvalue weighted by Gasteiger charge is 2.28. The summed E-state index contributed by atoms with van der Waals surface area (Å²) in [4.78, 5) is 20.2. The summed E-state index contributed by atoms with van der Waals surface area (Å²) in [5.74, 6) is 1.53. The van der Waals surface area contributed by atoms with E-state index in [1.807, 2.05) is 6.79 Å². The van der Waals surface area contributed by atoms with Gasteiger partial charge < -0.3 is 4.79 Å². The largest absolute Gasteiger partial charge is 0.307 e. The molecule has 2 aliphatic rings. The van der Waals surface area contributed by atoms with Crippen molar-refractivity contribution < 1.29 is 9.59 Å². The van der Waals surface area contributed by atoms with Crippen molar-refractivity contribution in [1.29, 1.82) is 0 Å². The molecule has 0 atom stereocenters. The predicted molar refractivity (Wildman–Crippen MR) is 65.3 cm³/mol. The number of rotatable bonds is 2. The number of Topliss-reactive ketones (excluding diaryl/α,β-unsaturated/α-hetero) is 1. The van der Waals surface area contributed by atoms with E-state index in [2.05, 4.69) is 0 Å². The lowest BCUT2D eigenvalue weighted by Gasteiger charge is -2.27. The Hall–Kier alpha value is -0.660. The molecule has 0 heterocycles. The van der Waals surface area contributed by atoms with Crippen LogP contribution in [0.5, 0.6) is 0 Å². The van der Waals surface area contributed by atoms with E-state index in [1.165, 1.54) is 64.2 Å². The Balaban J connectivity index is 0.000000606. The summed E-state index contributed by atoms with van der Waals surface area (Å²) in [5.41, 5.74) is 0. The molecule has 0 aliphatic heterocycles. The van der Waals surface area contributed by atoms with Crippen LogP contribution in [-0.4, -0.2) is 12.6 Å². The molecule has 0 amide bonds. The summed E-state index contributed by atoms with van der Waals surface area (Å²) in [6, 6.07) is 0. The minimum Gasteiger partial charge on any atom is -0.307 e. The maximum absolute atomic E-state index is 12.2. The van der Waals surface area contributed by atoms with Crippen LogP contribution in [0.3, 0.4) is 0 Å². The summed E-state index contributed by atoms with van der Waals surface area (Å²) in [5, 5.41) is 0. The number of hydrogen-bond acceptors (Lipinski definition) is 2. The van der Waals surface area contributed by atoms with Crippen LogP contribution >= 0.6 is 0 Å². The fourth-order valence-electron chi connectivity index (χ4n) is 3.11. The maximum Gasteiger partial charge on any atom is 0.139 e. The highest BCUT2D eigenvalue weighted by atomic mass is 16.1. The van der Waals surface area contributed by atoms with Gasteiger partial charge in [0, 0.05) is 11.8 Å². The van der Waals surface area contributed by atoms with E-state index in [4.69, 9.17) is 4.79 Å². The fraction of sp³-hybridized carbons (Fsp3) is 0.857. The molecule has 0 spiro atoms. The molecule has 92 valence electrons. The van der Waals surface area contributed by atoms with Gasteiger partial charge in [0.25, 0.3) is 0 Å². The van der Waals surface area contributed by atoms with Crippen molar-refractivity contribution in [3.63, 3.8) is 0 Å². The second-order valence-corrected chi connectivity index (χ2v) is 5.07. The van der Waals surface area contributed by atoms with Crippen LogP contribution in [0.25, 0.3) is 0 Å². The highest BCUT2D eigenvalue weighted by molar-refractivity contribution is 5.83. The molecule has 2 rings (SSSR count). The van der Waals surface area contributed by atoms with Gasteiger partial charge in [0.2, 0.25) is 0 Å². The Bertz CT molecular complexity index is 181. The minimum atomic E-state index is 0.451. The van der Waals surface area contributed by atoms with Crippen LogP contribution in [0.15, 0.2) is 0 Å². The lowest BCUT2D eigenvalue weighted by atomic mass is 9.77. The molecular weight excluding hydrogens is 200 g/mol. The average Bonchev–Trinajstić information content (AvgIpc) is 2.42. The number of carbonyl (C=O) groups is 2. The van der Waals surface area contributed by atoms with Gasteiger partial charge in [-0.15, -0.1) is 0 Å². The van der Waals surface area contributed by atoms with Crippen molar-refractivity contribution in [3.8, 4) is 0 Å². The quantitative estimate of drug-likeness (QED) is 0.719. The third-order valence-corrected chi connectivity index (χ3v) is 4.02. The molecule has 0 aromatic heterocycles. The van der Waals surface area contributed by atoms with Gasteiger partial charge in [0.1, 0.15) is 12.6 Å². The Morgan fingerprint density at radius 2 is 1.00 bits per heavy atom. The summed E-state index contributed by atoms with van der Waals surface area (Å²) in [6.45, 7) is 2.00. The lowest BCUT2D eigenvalue weighted by Crippen LogP contribution is -2.27. The van der Waals surface area contributed by atoms with Crippen LogP contribution in [0, 0.1) is 11.8 Å². The molecule has 2 heteroatoms. The number of hydrogen-bond donors (Lipinski definition) is 0. The molecule has 2 saturated carbocycles. The second-order valence-electron chi connectivity index (χ2n) is 5.07. The molecule has 0 aromatic carbocycles. The fourth-order valence-corrected chi connectivity index (χ4v) is 3.11. The van der Waals surface area contributed by atoms with E-state index in [0.29, 0.717) is 17.6 Å². The van der Waals surface area contributed by atoms with Gasteiger partial charge in [-0.05, 0) is 25.7 Å². The summed E-state index contributed by atoms with van der Waals surface area (Å²) in [6.07, 6.45) is 12.6. The molecule has 2 aliphatic carbocycles. The summed E-state index contributed by atoms with van der Waals surface area (Å²) < 4.78 is 0. The normalized spacial score (nSPS) is 23.2. The first-order valence-electron chi connectivity index (χ1n) is 6.70. The summed E-state index contributed by atoms with van der Waals surface area (Å²) >= 11 is 0. The van der Waals surface area contributed by atoms with Crippen LogP contribution in [0.2, 0.25) is 0 Å². The zero-order valence-electron chi connectivity index (χ0n) is 10.2. The Morgan fingerprint density at radius 1 is 0.688 bits per heavy atom. The van der Waals surface area contributed by atoms with Gasteiger partial charge in [0.05, 0.1) is 0 Å². The summed E-state index contributed by atoms with van der Waals surface area (Å²) in [7, 11) is 0. The zero-order valence-corrected chi connectivity index (χ0v) is 10.2. The van der Waals surface area contributed by atoms with E-state index < -0.39 is 0 Å². The van der Waals surface area contributed by atoms with Crippen molar-refractivity contribution in [2.24, 2.45) is 11.8 Å².